The van der Waals surface area contributed by atoms with E-state index >= 15 is 0 Å². The Morgan fingerprint density at radius 2 is 1.91 bits per heavy atom. The number of aryl methyl sites for hydroxylation is 1. The van der Waals surface area contributed by atoms with Crippen LogP contribution in [0.5, 0.6) is 0 Å². The van der Waals surface area contributed by atoms with Crippen LogP contribution in [0.4, 0.5) is 13.2 Å². The normalized spacial score (nSPS) is 11.8. The van der Waals surface area contributed by atoms with Gasteiger partial charge in [-0.3, -0.25) is 14.6 Å². The van der Waals surface area contributed by atoms with Crippen LogP contribution in [0, 0.1) is 6.92 Å². The highest BCUT2D eigenvalue weighted by Gasteiger charge is 2.28. The van der Waals surface area contributed by atoms with E-state index in [4.69, 9.17) is 0 Å². The van der Waals surface area contributed by atoms with E-state index in [1.165, 1.54) is 16.9 Å². The molecule has 23 heavy (non-hydrogen) atoms. The molecule has 0 aliphatic heterocycles. The average Bonchev–Trinajstić information content (AvgIpc) is 3.08. The fraction of sp³-hybridized carbons (Fsp3) is 0.308. The molecule has 0 amide bonds. The van der Waals surface area contributed by atoms with Crippen LogP contribution in [-0.4, -0.2) is 40.9 Å². The van der Waals surface area contributed by atoms with Crippen molar-refractivity contribution >= 4 is 0 Å². The summed E-state index contributed by atoms with van der Waals surface area (Å²) >= 11 is 0. The molecule has 3 aromatic heterocycles. The Bertz CT molecular complexity index is 806. The molecule has 10 heteroatoms. The van der Waals surface area contributed by atoms with E-state index < -0.39 is 12.7 Å². The van der Waals surface area contributed by atoms with Gasteiger partial charge in [-0.2, -0.15) is 18.3 Å². The highest BCUT2D eigenvalue weighted by Crippen LogP contribution is 2.18. The van der Waals surface area contributed by atoms with Crippen LogP contribution < -0.4 is 0 Å². The number of hydrogen-bond donors (Lipinski definition) is 0. The molecule has 0 bridgehead atoms. The molecule has 0 N–H and O–H groups in total. The quantitative estimate of drug-likeness (QED) is 0.732. The predicted octanol–water partition coefficient (Wildman–Crippen LogP) is 1.85. The summed E-state index contributed by atoms with van der Waals surface area (Å²) in [6.07, 6.45) is 1.78. The summed E-state index contributed by atoms with van der Waals surface area (Å²) in [5.41, 5.74) is 2.34. The van der Waals surface area contributed by atoms with E-state index in [-0.39, 0.29) is 6.54 Å². The van der Waals surface area contributed by atoms with Gasteiger partial charge in [-0.15, -0.1) is 5.10 Å². The Hall–Kier alpha value is -2.78. The Labute approximate surface area is 128 Å². The third kappa shape index (κ3) is 3.71. The lowest BCUT2D eigenvalue weighted by Gasteiger charge is -2.05. The third-order valence-corrected chi connectivity index (χ3v) is 3.02. The summed E-state index contributed by atoms with van der Waals surface area (Å²) in [6.45, 7) is 0.908. The first-order valence-corrected chi connectivity index (χ1v) is 6.68. The van der Waals surface area contributed by atoms with Crippen molar-refractivity contribution in [1.82, 2.24) is 34.7 Å². The highest BCUT2D eigenvalue weighted by molar-refractivity contribution is 5.54. The monoisotopic (exact) mass is 323 g/mol. The Balaban J connectivity index is 1.74. The summed E-state index contributed by atoms with van der Waals surface area (Å²) in [6, 6.07) is 1.51. The standard InChI is InChI=1S/C13H12F3N7/c1-9-12(18-4-3-17-9)11-7-23(21-19-11)6-10-2-5-22(20-10)8-13(14,15)16/h2-5,7H,6,8H2,1H3. The summed E-state index contributed by atoms with van der Waals surface area (Å²) in [5, 5.41) is 11.8. The molecular formula is C13H12F3N7. The van der Waals surface area contributed by atoms with Gasteiger partial charge in [0.05, 0.1) is 24.1 Å². The van der Waals surface area contributed by atoms with Crippen LogP contribution in [0.25, 0.3) is 11.4 Å². The zero-order chi connectivity index (χ0) is 16.4. The largest absolute Gasteiger partial charge is 0.408 e. The number of hydrogen-bond acceptors (Lipinski definition) is 5. The Morgan fingerprint density at radius 3 is 2.65 bits per heavy atom. The molecule has 7 nitrogen and oxygen atoms in total. The molecule has 120 valence electrons. The van der Waals surface area contributed by atoms with Crippen molar-refractivity contribution in [3.8, 4) is 11.4 Å². The van der Waals surface area contributed by atoms with Crippen molar-refractivity contribution < 1.29 is 13.2 Å². The van der Waals surface area contributed by atoms with E-state index in [0.717, 1.165) is 4.68 Å². The van der Waals surface area contributed by atoms with Crippen molar-refractivity contribution in [2.75, 3.05) is 0 Å². The minimum atomic E-state index is -4.30. The predicted molar refractivity (Wildman–Crippen MR) is 73.2 cm³/mol. The van der Waals surface area contributed by atoms with E-state index in [0.29, 0.717) is 22.8 Å². The summed E-state index contributed by atoms with van der Waals surface area (Å²) in [7, 11) is 0. The van der Waals surface area contributed by atoms with Gasteiger partial charge in [-0.1, -0.05) is 5.21 Å². The van der Waals surface area contributed by atoms with Crippen molar-refractivity contribution in [3.63, 3.8) is 0 Å². The van der Waals surface area contributed by atoms with Gasteiger partial charge < -0.3 is 0 Å². The fourth-order valence-electron chi connectivity index (χ4n) is 2.07. The Morgan fingerprint density at radius 1 is 1.13 bits per heavy atom. The maximum atomic E-state index is 12.3. The molecule has 0 saturated carbocycles. The first-order chi connectivity index (χ1) is 10.9. The van der Waals surface area contributed by atoms with Gasteiger partial charge in [0.1, 0.15) is 17.9 Å². The van der Waals surface area contributed by atoms with Gasteiger partial charge in [0.15, 0.2) is 0 Å². The smallest absolute Gasteiger partial charge is 0.263 e. The molecule has 3 aromatic rings. The lowest BCUT2D eigenvalue weighted by Crippen LogP contribution is -2.18. The number of alkyl halides is 3. The summed E-state index contributed by atoms with van der Waals surface area (Å²) in [5.74, 6) is 0. The van der Waals surface area contributed by atoms with E-state index in [1.807, 2.05) is 0 Å². The van der Waals surface area contributed by atoms with Crippen LogP contribution in [0.2, 0.25) is 0 Å². The van der Waals surface area contributed by atoms with Crippen molar-refractivity contribution in [2.45, 2.75) is 26.2 Å². The topological polar surface area (TPSA) is 74.3 Å². The molecule has 0 aliphatic carbocycles. The van der Waals surface area contributed by atoms with Gasteiger partial charge in [-0.05, 0) is 13.0 Å². The molecule has 3 rings (SSSR count). The molecule has 0 unspecified atom stereocenters. The maximum absolute atomic E-state index is 12.3. The van der Waals surface area contributed by atoms with Gasteiger partial charge in [-0.25, -0.2) is 4.68 Å². The van der Waals surface area contributed by atoms with Gasteiger partial charge in [0, 0.05) is 18.6 Å². The van der Waals surface area contributed by atoms with E-state index in [1.54, 1.807) is 25.5 Å². The van der Waals surface area contributed by atoms with Crippen LogP contribution >= 0.6 is 0 Å². The molecule has 0 spiro atoms. The van der Waals surface area contributed by atoms with Gasteiger partial charge in [0.25, 0.3) is 0 Å². The zero-order valence-corrected chi connectivity index (χ0v) is 12.1. The summed E-state index contributed by atoms with van der Waals surface area (Å²) in [4.78, 5) is 8.31. The number of nitrogens with zero attached hydrogens (tertiary/aromatic N) is 7. The first kappa shape index (κ1) is 15.1. The molecule has 0 fully saturated rings. The number of halogens is 3. The summed E-state index contributed by atoms with van der Waals surface area (Å²) < 4.78 is 39.3. The third-order valence-electron chi connectivity index (χ3n) is 3.02. The number of rotatable bonds is 4. The van der Waals surface area contributed by atoms with Crippen LogP contribution in [0.3, 0.4) is 0 Å². The molecule has 3 heterocycles. The van der Waals surface area contributed by atoms with E-state index in [2.05, 4.69) is 25.4 Å². The van der Waals surface area contributed by atoms with E-state index in [9.17, 15) is 13.2 Å². The molecule has 0 radical (unpaired) electrons. The van der Waals surface area contributed by atoms with Crippen LogP contribution in [0.1, 0.15) is 11.4 Å². The molecule has 0 aromatic carbocycles. The van der Waals surface area contributed by atoms with Crippen LogP contribution in [0.15, 0.2) is 30.9 Å². The van der Waals surface area contributed by atoms with Gasteiger partial charge in [0.2, 0.25) is 0 Å². The Kier molecular flexibility index (Phi) is 3.80. The highest BCUT2D eigenvalue weighted by atomic mass is 19.4. The fourth-order valence-corrected chi connectivity index (χ4v) is 2.07. The first-order valence-electron chi connectivity index (χ1n) is 6.68. The van der Waals surface area contributed by atoms with Crippen molar-refractivity contribution in [2.24, 2.45) is 0 Å². The molecule has 0 aliphatic rings. The minimum absolute atomic E-state index is 0.219. The van der Waals surface area contributed by atoms with Crippen LogP contribution in [-0.2, 0) is 13.1 Å². The second kappa shape index (κ2) is 5.78. The second-order valence-electron chi connectivity index (χ2n) is 4.91. The molecular weight excluding hydrogens is 311 g/mol. The molecule has 0 atom stereocenters. The number of aromatic nitrogens is 7. The SMILES string of the molecule is Cc1nccnc1-c1cn(Cc2ccn(CC(F)(F)F)n2)nn1. The minimum Gasteiger partial charge on any atom is -0.263 e. The lowest BCUT2D eigenvalue weighted by molar-refractivity contribution is -0.142. The lowest BCUT2D eigenvalue weighted by atomic mass is 10.2. The molecule has 0 saturated heterocycles. The van der Waals surface area contributed by atoms with Crippen molar-refractivity contribution in [1.29, 1.82) is 0 Å². The van der Waals surface area contributed by atoms with Crippen molar-refractivity contribution in [3.05, 3.63) is 42.2 Å². The zero-order valence-electron chi connectivity index (χ0n) is 12.1. The second-order valence-corrected chi connectivity index (χ2v) is 4.91. The maximum Gasteiger partial charge on any atom is 0.408 e. The van der Waals surface area contributed by atoms with Gasteiger partial charge >= 0.3 is 6.18 Å². The average molecular weight is 323 g/mol.